The molecule has 0 N–H and O–H groups in total. The van der Waals surface area contributed by atoms with Gasteiger partial charge in [-0.05, 0) is 46.0 Å². The molecule has 0 saturated carbocycles. The van der Waals surface area contributed by atoms with Crippen molar-refractivity contribution in [2.24, 2.45) is 0 Å². The van der Waals surface area contributed by atoms with Crippen LogP contribution >= 0.6 is 0 Å². The van der Waals surface area contributed by atoms with Gasteiger partial charge in [-0.1, -0.05) is 206 Å². The number of furan rings is 1. The van der Waals surface area contributed by atoms with Crippen LogP contribution in [0.25, 0.3) is 112 Å². The van der Waals surface area contributed by atoms with Crippen LogP contribution in [0.2, 0.25) is 0 Å². The minimum Gasteiger partial charge on any atom is -0.453 e. The Kier molecular flexibility index (Phi) is 9.14. The topological polar surface area (TPSA) is 51.8 Å². The third-order valence-corrected chi connectivity index (χ3v) is 11.3. The maximum atomic E-state index is 7.11. The second-order valence-electron chi connectivity index (χ2n) is 15.1. The van der Waals surface area contributed by atoms with Crippen LogP contribution < -0.4 is 0 Å². The van der Waals surface area contributed by atoms with E-state index in [4.69, 9.17) is 19.4 Å². The van der Waals surface area contributed by atoms with Crippen LogP contribution in [-0.2, 0) is 0 Å². The Bertz CT molecular complexity index is 3210. The van der Waals surface area contributed by atoms with Gasteiger partial charge in [-0.2, -0.15) is 0 Å². The van der Waals surface area contributed by atoms with Crippen molar-refractivity contribution in [3.63, 3.8) is 0 Å². The fraction of sp³-hybridized carbons (Fsp3) is 0. The molecule has 4 heteroatoms. The number of pyridine rings is 1. The van der Waals surface area contributed by atoms with Gasteiger partial charge in [0.25, 0.3) is 0 Å². The highest BCUT2D eigenvalue weighted by atomic mass is 16.3. The summed E-state index contributed by atoms with van der Waals surface area (Å²) in [6, 6.07) is 77.8. The van der Waals surface area contributed by atoms with Gasteiger partial charge in [0.2, 0.25) is 0 Å². The first-order chi connectivity index (χ1) is 30.2. The number of para-hydroxylation sites is 1. The first-order valence-electron chi connectivity index (χ1n) is 20.5. The molecule has 8 aromatic carbocycles. The Hall–Kier alpha value is -8.21. The van der Waals surface area contributed by atoms with Crippen molar-refractivity contribution < 1.29 is 4.42 Å². The molecule has 0 aliphatic rings. The zero-order chi connectivity index (χ0) is 40.5. The molecule has 61 heavy (non-hydrogen) atoms. The van der Waals surface area contributed by atoms with Gasteiger partial charge in [0, 0.05) is 44.2 Å². The molecule has 3 heterocycles. The highest BCUT2D eigenvalue weighted by Gasteiger charge is 2.24. The Morgan fingerprint density at radius 1 is 0.311 bits per heavy atom. The predicted octanol–water partition coefficient (Wildman–Crippen LogP) is 15.1. The monoisotopic (exact) mass is 779 g/mol. The molecule has 0 aliphatic carbocycles. The molecule has 0 unspecified atom stereocenters. The summed E-state index contributed by atoms with van der Waals surface area (Å²) in [5, 5.41) is 2.09. The second-order valence-corrected chi connectivity index (χ2v) is 15.1. The Balaban J connectivity index is 1.09. The first kappa shape index (κ1) is 35.9. The SMILES string of the molecule is c1ccc(-c2ccc(-c3cc(-c4cccc(-c5oc6c(-c7ccccc7)nc7ccccc7c6c5-c5ccccc5)c4)nc(-c4ccc(-c5ccccc5)cc4)n3)cc2)cc1. The zero-order valence-electron chi connectivity index (χ0n) is 33.1. The average Bonchev–Trinajstić information content (AvgIpc) is 3.76. The minimum atomic E-state index is 0.656. The van der Waals surface area contributed by atoms with E-state index in [9.17, 15) is 0 Å². The van der Waals surface area contributed by atoms with E-state index in [2.05, 4.69) is 188 Å². The number of benzene rings is 8. The van der Waals surface area contributed by atoms with Gasteiger partial charge in [-0.15, -0.1) is 0 Å². The second kappa shape index (κ2) is 15.5. The van der Waals surface area contributed by atoms with Gasteiger partial charge < -0.3 is 4.42 Å². The van der Waals surface area contributed by atoms with E-state index in [1.54, 1.807) is 0 Å². The summed E-state index contributed by atoms with van der Waals surface area (Å²) in [6.07, 6.45) is 0. The van der Waals surface area contributed by atoms with Crippen molar-refractivity contribution in [2.75, 3.05) is 0 Å². The number of fused-ring (bicyclic) bond motifs is 3. The Morgan fingerprint density at radius 3 is 1.39 bits per heavy atom. The van der Waals surface area contributed by atoms with E-state index in [1.165, 1.54) is 11.1 Å². The molecule has 3 aromatic heterocycles. The molecule has 0 fully saturated rings. The van der Waals surface area contributed by atoms with Crippen LogP contribution in [-0.4, -0.2) is 15.0 Å². The van der Waals surface area contributed by atoms with Crippen molar-refractivity contribution in [3.8, 4) is 89.9 Å². The summed E-state index contributed by atoms with van der Waals surface area (Å²) in [5.74, 6) is 1.43. The largest absolute Gasteiger partial charge is 0.453 e. The summed E-state index contributed by atoms with van der Waals surface area (Å²) >= 11 is 0. The predicted molar refractivity (Wildman–Crippen MR) is 251 cm³/mol. The molecule has 0 bridgehead atoms. The molecule has 0 amide bonds. The molecule has 4 nitrogen and oxygen atoms in total. The number of hydrogen-bond acceptors (Lipinski definition) is 4. The molecular weight excluding hydrogens is 743 g/mol. The number of aromatic nitrogens is 3. The molecular formula is C57H37N3O. The summed E-state index contributed by atoms with van der Waals surface area (Å²) in [6.45, 7) is 0. The summed E-state index contributed by atoms with van der Waals surface area (Å²) < 4.78 is 7.11. The molecule has 11 aromatic rings. The molecule has 286 valence electrons. The van der Waals surface area contributed by atoms with Crippen molar-refractivity contribution in [1.29, 1.82) is 0 Å². The van der Waals surface area contributed by atoms with Crippen molar-refractivity contribution in [2.45, 2.75) is 0 Å². The van der Waals surface area contributed by atoms with E-state index >= 15 is 0 Å². The van der Waals surface area contributed by atoms with Gasteiger partial charge in [0.15, 0.2) is 11.4 Å². The number of rotatable bonds is 8. The Labute approximate surface area is 354 Å². The fourth-order valence-corrected chi connectivity index (χ4v) is 8.28. The fourth-order valence-electron chi connectivity index (χ4n) is 8.28. The quantitative estimate of drug-likeness (QED) is 0.154. The van der Waals surface area contributed by atoms with E-state index in [-0.39, 0.29) is 0 Å². The van der Waals surface area contributed by atoms with Crippen molar-refractivity contribution in [1.82, 2.24) is 15.0 Å². The van der Waals surface area contributed by atoms with Gasteiger partial charge in [-0.25, -0.2) is 15.0 Å². The van der Waals surface area contributed by atoms with Crippen LogP contribution in [0.1, 0.15) is 0 Å². The lowest BCUT2D eigenvalue weighted by atomic mass is 9.94. The third kappa shape index (κ3) is 6.86. The van der Waals surface area contributed by atoms with Gasteiger partial charge in [0.05, 0.1) is 16.9 Å². The molecule has 0 saturated heterocycles. The molecule has 0 aliphatic heterocycles. The number of hydrogen-bond donors (Lipinski definition) is 0. The molecule has 0 spiro atoms. The third-order valence-electron chi connectivity index (χ3n) is 11.3. The lowest BCUT2D eigenvalue weighted by Gasteiger charge is -2.12. The minimum absolute atomic E-state index is 0.656. The smallest absolute Gasteiger partial charge is 0.162 e. The van der Waals surface area contributed by atoms with Crippen LogP contribution in [0.5, 0.6) is 0 Å². The maximum Gasteiger partial charge on any atom is 0.162 e. The van der Waals surface area contributed by atoms with Crippen LogP contribution in [0.15, 0.2) is 229 Å². The Morgan fingerprint density at radius 2 is 0.770 bits per heavy atom. The van der Waals surface area contributed by atoms with Crippen molar-refractivity contribution in [3.05, 3.63) is 224 Å². The van der Waals surface area contributed by atoms with E-state index in [0.29, 0.717) is 5.82 Å². The normalized spacial score (nSPS) is 11.3. The van der Waals surface area contributed by atoms with Crippen LogP contribution in [0, 0.1) is 0 Å². The molecule has 0 atom stereocenters. The highest BCUT2D eigenvalue weighted by Crippen LogP contribution is 2.47. The van der Waals surface area contributed by atoms with Gasteiger partial charge in [0.1, 0.15) is 11.5 Å². The van der Waals surface area contributed by atoms with E-state index in [0.717, 1.165) is 94.8 Å². The average molecular weight is 780 g/mol. The van der Waals surface area contributed by atoms with E-state index in [1.807, 2.05) is 36.4 Å². The van der Waals surface area contributed by atoms with Crippen molar-refractivity contribution >= 4 is 21.9 Å². The molecule has 11 rings (SSSR count). The summed E-state index contributed by atoms with van der Waals surface area (Å²) in [7, 11) is 0. The number of nitrogens with zero attached hydrogens (tertiary/aromatic N) is 3. The van der Waals surface area contributed by atoms with Crippen LogP contribution in [0.3, 0.4) is 0 Å². The first-order valence-corrected chi connectivity index (χ1v) is 20.5. The maximum absolute atomic E-state index is 7.11. The highest BCUT2D eigenvalue weighted by molar-refractivity contribution is 6.18. The van der Waals surface area contributed by atoms with Gasteiger partial charge in [-0.3, -0.25) is 0 Å². The van der Waals surface area contributed by atoms with Crippen LogP contribution in [0.4, 0.5) is 0 Å². The molecule has 0 radical (unpaired) electrons. The lowest BCUT2D eigenvalue weighted by molar-refractivity contribution is 0.632. The van der Waals surface area contributed by atoms with Gasteiger partial charge >= 0.3 is 0 Å². The zero-order valence-corrected chi connectivity index (χ0v) is 33.1. The lowest BCUT2D eigenvalue weighted by Crippen LogP contribution is -1.96. The summed E-state index contributed by atoms with van der Waals surface area (Å²) in [5.41, 5.74) is 15.7. The standard InChI is InChI=1S/C57H37N3O/c1-5-16-38(17-6-1)40-28-32-42(33-29-40)50-37-51(60-57(59-50)45-34-30-41(31-35-45)39-18-7-2-8-19-39)46-24-15-25-47(36-46)55-52(43-20-9-3-10-21-43)53-48-26-13-14-27-49(48)58-54(56(53)61-55)44-22-11-4-12-23-44/h1-37H. The van der Waals surface area contributed by atoms with E-state index < -0.39 is 0 Å². The summed E-state index contributed by atoms with van der Waals surface area (Å²) in [4.78, 5) is 15.7.